The van der Waals surface area contributed by atoms with Gasteiger partial charge in [0.25, 0.3) is 0 Å². The van der Waals surface area contributed by atoms with Crippen LogP contribution in [0.15, 0.2) is 45.8 Å². The van der Waals surface area contributed by atoms with Crippen molar-refractivity contribution in [1.29, 1.82) is 0 Å². The molecule has 0 radical (unpaired) electrons. The van der Waals surface area contributed by atoms with Gasteiger partial charge in [-0.25, -0.2) is 0 Å². The summed E-state index contributed by atoms with van der Waals surface area (Å²) in [6, 6.07) is 11.4. The molecule has 0 aliphatic carbocycles. The maximum Gasteiger partial charge on any atom is 0.193 e. The second-order valence-electron chi connectivity index (χ2n) is 3.24. The Kier molecular flexibility index (Phi) is 2.88. The van der Waals surface area contributed by atoms with Crippen molar-refractivity contribution < 1.29 is 4.42 Å². The van der Waals surface area contributed by atoms with E-state index in [1.165, 1.54) is 5.56 Å². The Morgan fingerprint density at radius 1 is 1.13 bits per heavy atom. The molecule has 2 rings (SSSR count). The number of halogens is 1. The standard InChI is InChI=1S/C12H10ClNO/c1-9-2-4-10(5-3-9)14-8-11-6-7-12(13)15-11/h2-8H,1H3. The zero-order valence-electron chi connectivity index (χ0n) is 8.27. The highest BCUT2D eigenvalue weighted by molar-refractivity contribution is 6.28. The van der Waals surface area contributed by atoms with E-state index in [9.17, 15) is 0 Å². The molecule has 0 saturated carbocycles. The molecule has 0 bridgehead atoms. The number of benzene rings is 1. The SMILES string of the molecule is Cc1ccc(N=Cc2ccc(Cl)o2)cc1. The van der Waals surface area contributed by atoms with Crippen molar-refractivity contribution in [2.75, 3.05) is 0 Å². The summed E-state index contributed by atoms with van der Waals surface area (Å²) >= 11 is 5.63. The zero-order chi connectivity index (χ0) is 10.7. The maximum atomic E-state index is 5.63. The van der Waals surface area contributed by atoms with Crippen molar-refractivity contribution in [2.24, 2.45) is 4.99 Å². The molecule has 2 aromatic rings. The van der Waals surface area contributed by atoms with Crippen LogP contribution in [0.4, 0.5) is 5.69 Å². The molecular formula is C12H10ClNO. The first-order valence-electron chi connectivity index (χ1n) is 4.60. The second-order valence-corrected chi connectivity index (χ2v) is 3.61. The van der Waals surface area contributed by atoms with E-state index in [2.05, 4.69) is 4.99 Å². The van der Waals surface area contributed by atoms with Crippen molar-refractivity contribution in [1.82, 2.24) is 0 Å². The van der Waals surface area contributed by atoms with Crippen LogP contribution in [-0.2, 0) is 0 Å². The number of nitrogens with zero attached hydrogens (tertiary/aromatic N) is 1. The largest absolute Gasteiger partial charge is 0.444 e. The van der Waals surface area contributed by atoms with Crippen molar-refractivity contribution in [2.45, 2.75) is 6.92 Å². The van der Waals surface area contributed by atoms with Crippen LogP contribution in [0, 0.1) is 6.92 Å². The number of hydrogen-bond acceptors (Lipinski definition) is 2. The van der Waals surface area contributed by atoms with Gasteiger partial charge < -0.3 is 4.42 Å². The topological polar surface area (TPSA) is 25.5 Å². The van der Waals surface area contributed by atoms with Crippen molar-refractivity contribution in [3.05, 3.63) is 52.9 Å². The fraction of sp³-hybridized carbons (Fsp3) is 0.0833. The Balaban J connectivity index is 2.14. The molecule has 15 heavy (non-hydrogen) atoms. The van der Waals surface area contributed by atoms with Gasteiger partial charge in [-0.15, -0.1) is 0 Å². The van der Waals surface area contributed by atoms with E-state index in [-0.39, 0.29) is 0 Å². The molecular weight excluding hydrogens is 210 g/mol. The quantitative estimate of drug-likeness (QED) is 0.701. The molecule has 0 saturated heterocycles. The van der Waals surface area contributed by atoms with Crippen LogP contribution in [0.1, 0.15) is 11.3 Å². The summed E-state index contributed by atoms with van der Waals surface area (Å²) in [4.78, 5) is 4.25. The highest BCUT2D eigenvalue weighted by Crippen LogP contribution is 2.15. The molecule has 76 valence electrons. The number of rotatable bonds is 2. The van der Waals surface area contributed by atoms with Gasteiger partial charge >= 0.3 is 0 Å². The molecule has 0 amide bonds. The van der Waals surface area contributed by atoms with Crippen LogP contribution in [0.3, 0.4) is 0 Å². The van der Waals surface area contributed by atoms with Crippen LogP contribution in [0.25, 0.3) is 0 Å². The van der Waals surface area contributed by atoms with E-state index < -0.39 is 0 Å². The summed E-state index contributed by atoms with van der Waals surface area (Å²) < 4.78 is 5.15. The van der Waals surface area contributed by atoms with Crippen LogP contribution in [0.2, 0.25) is 5.22 Å². The molecule has 1 aromatic carbocycles. The van der Waals surface area contributed by atoms with Gasteiger partial charge in [0.05, 0.1) is 11.9 Å². The molecule has 0 atom stereocenters. The van der Waals surface area contributed by atoms with Gasteiger partial charge in [0.15, 0.2) is 5.22 Å². The van der Waals surface area contributed by atoms with E-state index in [0.717, 1.165) is 5.69 Å². The number of hydrogen-bond donors (Lipinski definition) is 0. The highest BCUT2D eigenvalue weighted by Gasteiger charge is 1.95. The van der Waals surface area contributed by atoms with Crippen LogP contribution >= 0.6 is 11.6 Å². The molecule has 0 fully saturated rings. The van der Waals surface area contributed by atoms with Gasteiger partial charge in [-0.3, -0.25) is 4.99 Å². The molecule has 1 heterocycles. The maximum absolute atomic E-state index is 5.63. The molecule has 0 unspecified atom stereocenters. The summed E-state index contributed by atoms with van der Waals surface area (Å²) in [6.07, 6.45) is 1.65. The normalized spacial score (nSPS) is 11.1. The molecule has 0 spiro atoms. The van der Waals surface area contributed by atoms with Gasteiger partial charge in [0.2, 0.25) is 0 Å². The van der Waals surface area contributed by atoms with E-state index >= 15 is 0 Å². The first-order chi connectivity index (χ1) is 7.24. The lowest BCUT2D eigenvalue weighted by Gasteiger charge is -1.93. The van der Waals surface area contributed by atoms with Gasteiger partial charge in [0.1, 0.15) is 5.76 Å². The predicted octanol–water partition coefficient (Wildman–Crippen LogP) is 3.99. The van der Waals surface area contributed by atoms with Gasteiger partial charge in [-0.1, -0.05) is 17.7 Å². The molecule has 0 aliphatic rings. The van der Waals surface area contributed by atoms with E-state index in [1.54, 1.807) is 18.3 Å². The lowest BCUT2D eigenvalue weighted by molar-refractivity contribution is 0.562. The Bertz CT molecular complexity index is 471. The van der Waals surface area contributed by atoms with Crippen molar-refractivity contribution in [3.63, 3.8) is 0 Å². The van der Waals surface area contributed by atoms with Crippen molar-refractivity contribution in [3.8, 4) is 0 Å². The fourth-order valence-electron chi connectivity index (χ4n) is 1.17. The van der Waals surface area contributed by atoms with E-state index in [1.807, 2.05) is 31.2 Å². The van der Waals surface area contributed by atoms with Crippen molar-refractivity contribution >= 4 is 23.5 Å². The second kappa shape index (κ2) is 4.32. The molecule has 2 nitrogen and oxygen atoms in total. The smallest absolute Gasteiger partial charge is 0.193 e. The first-order valence-corrected chi connectivity index (χ1v) is 4.98. The Hall–Kier alpha value is -1.54. The Morgan fingerprint density at radius 3 is 2.47 bits per heavy atom. The third-order valence-corrected chi connectivity index (χ3v) is 2.17. The third-order valence-electron chi connectivity index (χ3n) is 1.97. The zero-order valence-corrected chi connectivity index (χ0v) is 9.03. The predicted molar refractivity (Wildman–Crippen MR) is 62.2 cm³/mol. The molecule has 3 heteroatoms. The average Bonchev–Trinajstić information content (AvgIpc) is 2.64. The first kappa shape index (κ1) is 9.99. The van der Waals surface area contributed by atoms with Crippen LogP contribution < -0.4 is 0 Å². The minimum absolute atomic E-state index is 0.375. The minimum Gasteiger partial charge on any atom is -0.444 e. The average molecular weight is 220 g/mol. The molecule has 1 aromatic heterocycles. The Labute approximate surface area is 93.2 Å². The van der Waals surface area contributed by atoms with Crippen LogP contribution in [0.5, 0.6) is 0 Å². The van der Waals surface area contributed by atoms with Gasteiger partial charge in [-0.2, -0.15) is 0 Å². The summed E-state index contributed by atoms with van der Waals surface area (Å²) in [5.74, 6) is 0.653. The minimum atomic E-state index is 0.375. The fourth-order valence-corrected chi connectivity index (χ4v) is 1.32. The highest BCUT2D eigenvalue weighted by atomic mass is 35.5. The molecule has 0 aliphatic heterocycles. The summed E-state index contributed by atoms with van der Waals surface area (Å²) in [6.45, 7) is 2.04. The lowest BCUT2D eigenvalue weighted by atomic mass is 10.2. The van der Waals surface area contributed by atoms with E-state index in [4.69, 9.17) is 16.0 Å². The number of aliphatic imine (C=N–C) groups is 1. The van der Waals surface area contributed by atoms with Gasteiger partial charge in [-0.05, 0) is 42.8 Å². The summed E-state index contributed by atoms with van der Waals surface area (Å²) in [7, 11) is 0. The van der Waals surface area contributed by atoms with E-state index in [0.29, 0.717) is 11.0 Å². The van der Waals surface area contributed by atoms with Gasteiger partial charge in [0, 0.05) is 0 Å². The number of furan rings is 1. The lowest BCUT2D eigenvalue weighted by Crippen LogP contribution is -1.74. The molecule has 0 N–H and O–H groups in total. The summed E-state index contributed by atoms with van der Waals surface area (Å²) in [5.41, 5.74) is 2.11. The van der Waals surface area contributed by atoms with Crippen LogP contribution in [-0.4, -0.2) is 6.21 Å². The summed E-state index contributed by atoms with van der Waals surface area (Å²) in [5, 5.41) is 0.375. The third kappa shape index (κ3) is 2.70. The monoisotopic (exact) mass is 219 g/mol. The Morgan fingerprint density at radius 2 is 1.87 bits per heavy atom. The number of aryl methyl sites for hydroxylation is 1.